The van der Waals surface area contributed by atoms with E-state index in [1.807, 2.05) is 11.0 Å². The summed E-state index contributed by atoms with van der Waals surface area (Å²) >= 11 is 1.25. The molecule has 0 unspecified atom stereocenters. The van der Waals surface area contributed by atoms with Crippen LogP contribution in [0.3, 0.4) is 0 Å². The fourth-order valence-electron chi connectivity index (χ4n) is 3.77. The average molecular weight is 430 g/mol. The molecule has 9 nitrogen and oxygen atoms in total. The molecule has 0 saturated carbocycles. The van der Waals surface area contributed by atoms with Crippen molar-refractivity contribution in [1.29, 1.82) is 5.26 Å². The molecule has 0 radical (unpaired) electrons. The molecule has 156 valence electrons. The highest BCUT2D eigenvalue weighted by molar-refractivity contribution is 7.10. The first-order chi connectivity index (χ1) is 14.5. The van der Waals surface area contributed by atoms with Crippen LogP contribution in [0, 0.1) is 23.1 Å². The van der Waals surface area contributed by atoms with Crippen LogP contribution in [0.4, 0.5) is 10.2 Å². The van der Waals surface area contributed by atoms with Crippen molar-refractivity contribution in [3.63, 3.8) is 0 Å². The first kappa shape index (κ1) is 20.2. The first-order valence-electron chi connectivity index (χ1n) is 9.49. The fourth-order valence-corrected chi connectivity index (χ4v) is 4.42. The lowest BCUT2D eigenvalue weighted by Gasteiger charge is -2.34. The molecule has 2 amide bonds. The number of carbonyl (C=O) groups is 2. The lowest BCUT2D eigenvalue weighted by Crippen LogP contribution is -2.42. The van der Waals surface area contributed by atoms with Crippen LogP contribution < -0.4 is 10.6 Å². The highest BCUT2D eigenvalue weighted by Gasteiger charge is 2.38. The van der Waals surface area contributed by atoms with E-state index in [-0.39, 0.29) is 23.4 Å². The number of primary amides is 1. The first-order valence-corrected chi connectivity index (χ1v) is 10.4. The molecule has 2 aromatic heterocycles. The van der Waals surface area contributed by atoms with E-state index in [4.69, 9.17) is 15.8 Å². The van der Waals surface area contributed by atoms with Gasteiger partial charge < -0.3 is 10.6 Å². The topological polar surface area (TPSA) is 125 Å². The predicted octanol–water partition coefficient (Wildman–Crippen LogP) is 1.77. The second-order valence-corrected chi connectivity index (χ2v) is 8.00. The van der Waals surface area contributed by atoms with E-state index in [0.717, 1.165) is 6.20 Å². The average Bonchev–Trinajstić information content (AvgIpc) is 3.42. The number of nitrogens with two attached hydrogens (primary N) is 1. The number of hydroxylamine groups is 2. The summed E-state index contributed by atoms with van der Waals surface area (Å²) in [6.45, 7) is 1.48. The molecular formula is C19H19FN6O3S. The number of rotatable bonds is 4. The minimum Gasteiger partial charge on any atom is -0.366 e. The van der Waals surface area contributed by atoms with Gasteiger partial charge in [-0.05, 0) is 18.9 Å². The van der Waals surface area contributed by atoms with E-state index in [9.17, 15) is 14.0 Å². The van der Waals surface area contributed by atoms with Crippen LogP contribution in [0.1, 0.15) is 46.4 Å². The van der Waals surface area contributed by atoms with E-state index in [0.29, 0.717) is 55.5 Å². The maximum Gasteiger partial charge on any atom is 0.251 e. The van der Waals surface area contributed by atoms with Crippen LogP contribution in [0.25, 0.3) is 0 Å². The quantitative estimate of drug-likeness (QED) is 0.783. The van der Waals surface area contributed by atoms with Crippen LogP contribution >= 0.6 is 11.3 Å². The number of aromatic nitrogens is 2. The smallest absolute Gasteiger partial charge is 0.251 e. The molecule has 2 N–H and O–H groups in total. The van der Waals surface area contributed by atoms with E-state index in [2.05, 4.69) is 9.97 Å². The Kier molecular flexibility index (Phi) is 5.61. The second-order valence-electron chi connectivity index (χ2n) is 7.14. The van der Waals surface area contributed by atoms with E-state index in [1.54, 1.807) is 5.38 Å². The Balaban J connectivity index is 1.41. The highest BCUT2D eigenvalue weighted by atomic mass is 32.1. The van der Waals surface area contributed by atoms with Gasteiger partial charge >= 0.3 is 0 Å². The number of hydrogen-bond acceptors (Lipinski definition) is 8. The molecule has 0 aliphatic carbocycles. The summed E-state index contributed by atoms with van der Waals surface area (Å²) in [6.07, 6.45) is 2.75. The Morgan fingerprint density at radius 1 is 1.33 bits per heavy atom. The van der Waals surface area contributed by atoms with Gasteiger partial charge in [-0.25, -0.2) is 19.4 Å². The molecule has 2 aliphatic rings. The standard InChI is InChI=1S/C19H19FN6O3S/c20-13-9-23-16(7-12(13)18(22)27)25-4-1-11(2-5-25)19(28)26-15(3-6-29-26)14-10-30-17(8-21)24-14/h7,9-11,15H,1-6H2,(H2,22,27)/t15-/m0/s1. The molecule has 4 heterocycles. The lowest BCUT2D eigenvalue weighted by molar-refractivity contribution is -0.182. The van der Waals surface area contributed by atoms with Crippen molar-refractivity contribution in [3.05, 3.63) is 39.7 Å². The van der Waals surface area contributed by atoms with Gasteiger partial charge in [0, 0.05) is 30.8 Å². The van der Waals surface area contributed by atoms with Gasteiger partial charge in [-0.1, -0.05) is 0 Å². The van der Waals surface area contributed by atoms with Gasteiger partial charge in [0.05, 0.1) is 24.1 Å². The number of nitrogens with zero attached hydrogens (tertiary/aromatic N) is 5. The number of nitriles is 1. The van der Waals surface area contributed by atoms with Crippen LogP contribution in [0.2, 0.25) is 0 Å². The molecule has 2 saturated heterocycles. The monoisotopic (exact) mass is 430 g/mol. The molecule has 0 bridgehead atoms. The van der Waals surface area contributed by atoms with Gasteiger partial charge in [0.15, 0.2) is 10.8 Å². The number of pyridine rings is 1. The number of hydrogen-bond donors (Lipinski definition) is 1. The summed E-state index contributed by atoms with van der Waals surface area (Å²) in [5, 5.41) is 12.5. The number of piperidine rings is 1. The summed E-state index contributed by atoms with van der Waals surface area (Å²) < 4.78 is 13.7. The summed E-state index contributed by atoms with van der Waals surface area (Å²) in [4.78, 5) is 40.2. The van der Waals surface area contributed by atoms with E-state index >= 15 is 0 Å². The van der Waals surface area contributed by atoms with Crippen LogP contribution in [0.5, 0.6) is 0 Å². The third-order valence-electron chi connectivity index (χ3n) is 5.36. The maximum atomic E-state index is 13.7. The normalized spacial score (nSPS) is 19.7. The van der Waals surface area contributed by atoms with E-state index < -0.39 is 11.7 Å². The van der Waals surface area contributed by atoms with Crippen LogP contribution in [-0.2, 0) is 9.63 Å². The van der Waals surface area contributed by atoms with Crippen molar-refractivity contribution < 1.29 is 18.8 Å². The zero-order valence-electron chi connectivity index (χ0n) is 16.0. The molecule has 0 spiro atoms. The number of carbonyl (C=O) groups excluding carboxylic acids is 2. The summed E-state index contributed by atoms with van der Waals surface area (Å²) in [5.74, 6) is -1.48. The summed E-state index contributed by atoms with van der Waals surface area (Å²) in [5.41, 5.74) is 5.68. The van der Waals surface area contributed by atoms with Gasteiger partial charge in [0.25, 0.3) is 5.91 Å². The predicted molar refractivity (Wildman–Crippen MR) is 105 cm³/mol. The fraction of sp³-hybridized carbons (Fsp3) is 0.421. The van der Waals surface area contributed by atoms with Crippen molar-refractivity contribution in [2.45, 2.75) is 25.3 Å². The highest BCUT2D eigenvalue weighted by Crippen LogP contribution is 2.34. The van der Waals surface area contributed by atoms with Gasteiger partial charge in [0.1, 0.15) is 17.9 Å². The third kappa shape index (κ3) is 3.83. The zero-order valence-corrected chi connectivity index (χ0v) is 16.8. The molecule has 11 heteroatoms. The SMILES string of the molecule is N#Cc1nc([C@@H]2CCON2C(=O)C2CCN(c3cc(C(N)=O)c(F)cn3)CC2)cs1. The van der Waals surface area contributed by atoms with Crippen LogP contribution in [0.15, 0.2) is 17.6 Å². The minimum absolute atomic E-state index is 0.103. The summed E-state index contributed by atoms with van der Waals surface area (Å²) in [6, 6.07) is 3.07. The molecule has 0 aromatic carbocycles. The second kappa shape index (κ2) is 8.33. The van der Waals surface area contributed by atoms with Crippen molar-refractivity contribution in [2.75, 3.05) is 24.6 Å². The molecule has 2 fully saturated rings. The molecule has 2 aromatic rings. The van der Waals surface area contributed by atoms with Gasteiger partial charge in [0.2, 0.25) is 5.91 Å². The Hall–Kier alpha value is -3.10. The maximum absolute atomic E-state index is 13.7. The number of amides is 2. The largest absolute Gasteiger partial charge is 0.366 e. The Morgan fingerprint density at radius 2 is 2.10 bits per heavy atom. The van der Waals surface area contributed by atoms with Gasteiger partial charge in [-0.2, -0.15) is 5.26 Å². The van der Waals surface area contributed by atoms with E-state index in [1.165, 1.54) is 22.5 Å². The van der Waals surface area contributed by atoms with Crippen molar-refractivity contribution in [2.24, 2.45) is 11.7 Å². The molecule has 1 atom stereocenters. The van der Waals surface area contributed by atoms with Crippen molar-refractivity contribution >= 4 is 29.0 Å². The van der Waals surface area contributed by atoms with Gasteiger partial charge in [-0.15, -0.1) is 11.3 Å². The van der Waals surface area contributed by atoms with Crippen LogP contribution in [-0.4, -0.2) is 46.5 Å². The lowest BCUT2D eigenvalue weighted by atomic mass is 9.95. The summed E-state index contributed by atoms with van der Waals surface area (Å²) in [7, 11) is 0. The Bertz CT molecular complexity index is 1010. The third-order valence-corrected chi connectivity index (χ3v) is 6.12. The number of halogens is 1. The van der Waals surface area contributed by atoms with Gasteiger partial charge in [-0.3, -0.25) is 14.4 Å². The molecule has 4 rings (SSSR count). The van der Waals surface area contributed by atoms with Crippen molar-refractivity contribution in [3.8, 4) is 6.07 Å². The number of thiazole rings is 1. The van der Waals surface area contributed by atoms with Crippen molar-refractivity contribution in [1.82, 2.24) is 15.0 Å². The zero-order chi connectivity index (χ0) is 21.3. The number of anilines is 1. The molecular weight excluding hydrogens is 411 g/mol. The molecule has 30 heavy (non-hydrogen) atoms. The Labute approximate surface area is 175 Å². The Morgan fingerprint density at radius 3 is 2.77 bits per heavy atom. The minimum atomic E-state index is -0.847. The molecule has 2 aliphatic heterocycles.